The summed E-state index contributed by atoms with van der Waals surface area (Å²) in [6.45, 7) is 6.33. The van der Waals surface area contributed by atoms with Crippen molar-refractivity contribution >= 4 is 23.6 Å². The summed E-state index contributed by atoms with van der Waals surface area (Å²) in [6.07, 6.45) is 4.94. The van der Waals surface area contributed by atoms with Gasteiger partial charge in [0.2, 0.25) is 0 Å². The van der Waals surface area contributed by atoms with Gasteiger partial charge in [-0.3, -0.25) is 0 Å². The van der Waals surface area contributed by atoms with Crippen molar-refractivity contribution in [3.05, 3.63) is 32.7 Å². The molecule has 86 valence electrons. The lowest BCUT2D eigenvalue weighted by atomic mass is 10.3. The molecule has 2 rings (SSSR count). The summed E-state index contributed by atoms with van der Waals surface area (Å²) in [4.78, 5) is 8.85. The normalized spacial score (nSPS) is 12.9. The van der Waals surface area contributed by atoms with E-state index in [-0.39, 0.29) is 6.04 Å². The second kappa shape index (κ2) is 4.51. The van der Waals surface area contributed by atoms with Crippen molar-refractivity contribution in [2.24, 2.45) is 0 Å². The number of imidazole rings is 1. The number of aryl methyl sites for hydroxylation is 2. The predicted molar refractivity (Wildman–Crippen MR) is 69.7 cm³/mol. The maximum absolute atomic E-state index is 5.27. The number of nitrogens with one attached hydrogen (secondary N) is 1. The molecule has 0 spiro atoms. The van der Waals surface area contributed by atoms with Crippen LogP contribution in [0.4, 0.5) is 0 Å². The van der Waals surface area contributed by atoms with E-state index in [4.69, 9.17) is 12.2 Å². The van der Waals surface area contributed by atoms with Crippen LogP contribution in [0.2, 0.25) is 0 Å². The molecule has 16 heavy (non-hydrogen) atoms. The van der Waals surface area contributed by atoms with Gasteiger partial charge in [-0.25, -0.2) is 4.98 Å². The molecule has 0 radical (unpaired) electrons. The van der Waals surface area contributed by atoms with Gasteiger partial charge in [0.15, 0.2) is 4.77 Å². The van der Waals surface area contributed by atoms with Crippen molar-refractivity contribution in [1.82, 2.24) is 14.5 Å². The minimum atomic E-state index is 0.212. The molecule has 0 fully saturated rings. The first-order valence-electron chi connectivity index (χ1n) is 5.34. The number of aromatic amines is 1. The molecule has 1 N–H and O–H groups in total. The van der Waals surface area contributed by atoms with Gasteiger partial charge in [0.1, 0.15) is 5.01 Å². The Bertz CT molecular complexity index is 535. The summed E-state index contributed by atoms with van der Waals surface area (Å²) in [7, 11) is 0. The van der Waals surface area contributed by atoms with Gasteiger partial charge in [-0.15, -0.1) is 11.3 Å². The van der Waals surface area contributed by atoms with Gasteiger partial charge in [-0.2, -0.15) is 0 Å². The Kier molecular flexibility index (Phi) is 3.25. The van der Waals surface area contributed by atoms with Crippen LogP contribution < -0.4 is 0 Å². The van der Waals surface area contributed by atoms with E-state index >= 15 is 0 Å². The van der Waals surface area contributed by atoms with Crippen LogP contribution in [0, 0.1) is 11.7 Å². The maximum atomic E-state index is 5.27. The third-order valence-corrected chi connectivity index (χ3v) is 4.29. The summed E-state index contributed by atoms with van der Waals surface area (Å²) in [5.74, 6) is 0. The predicted octanol–water partition coefficient (Wildman–Crippen LogP) is 3.48. The first-order chi connectivity index (χ1) is 7.63. The molecule has 0 amide bonds. The van der Waals surface area contributed by atoms with E-state index in [0.29, 0.717) is 0 Å². The van der Waals surface area contributed by atoms with Crippen LogP contribution in [0.25, 0.3) is 0 Å². The standard InChI is InChI=1S/C11H15N3S2/c1-4-9-6-12-10(16-9)8(3)14-7(2)5-13-11(14)15/h5-6,8H,4H2,1-3H3,(H,13,15). The molecule has 2 aromatic rings. The maximum Gasteiger partial charge on any atom is 0.177 e. The number of hydrogen-bond acceptors (Lipinski definition) is 3. The van der Waals surface area contributed by atoms with Gasteiger partial charge in [-0.05, 0) is 32.5 Å². The summed E-state index contributed by atoms with van der Waals surface area (Å²) >= 11 is 7.03. The second-order valence-corrected chi connectivity index (χ2v) is 5.33. The van der Waals surface area contributed by atoms with E-state index in [9.17, 15) is 0 Å². The Morgan fingerprint density at radius 1 is 1.62 bits per heavy atom. The minimum absolute atomic E-state index is 0.212. The van der Waals surface area contributed by atoms with E-state index in [2.05, 4.69) is 35.3 Å². The van der Waals surface area contributed by atoms with E-state index < -0.39 is 0 Å². The molecule has 0 aliphatic rings. The van der Waals surface area contributed by atoms with Crippen molar-refractivity contribution in [2.75, 3.05) is 0 Å². The Morgan fingerprint density at radius 3 is 2.88 bits per heavy atom. The van der Waals surface area contributed by atoms with Crippen LogP contribution in [-0.4, -0.2) is 14.5 Å². The second-order valence-electron chi connectivity index (χ2n) is 3.80. The van der Waals surface area contributed by atoms with Gasteiger partial charge in [0, 0.05) is 23.0 Å². The zero-order chi connectivity index (χ0) is 11.7. The van der Waals surface area contributed by atoms with Gasteiger partial charge in [0.05, 0.1) is 6.04 Å². The van der Waals surface area contributed by atoms with Crippen molar-refractivity contribution < 1.29 is 0 Å². The van der Waals surface area contributed by atoms with Crippen LogP contribution in [0.15, 0.2) is 12.4 Å². The summed E-state index contributed by atoms with van der Waals surface area (Å²) in [5.41, 5.74) is 1.14. The van der Waals surface area contributed by atoms with Crippen LogP contribution in [0.5, 0.6) is 0 Å². The van der Waals surface area contributed by atoms with Crippen molar-refractivity contribution in [3.8, 4) is 0 Å². The fourth-order valence-electron chi connectivity index (χ4n) is 1.74. The highest BCUT2D eigenvalue weighted by atomic mass is 32.1. The fourth-order valence-corrected chi connectivity index (χ4v) is 3.00. The lowest BCUT2D eigenvalue weighted by Gasteiger charge is -2.12. The Morgan fingerprint density at radius 2 is 2.38 bits per heavy atom. The molecule has 2 aromatic heterocycles. The Labute approximate surface area is 104 Å². The highest BCUT2D eigenvalue weighted by Crippen LogP contribution is 2.25. The number of nitrogens with zero attached hydrogens (tertiary/aromatic N) is 2. The van der Waals surface area contributed by atoms with Gasteiger partial charge >= 0.3 is 0 Å². The monoisotopic (exact) mass is 253 g/mol. The van der Waals surface area contributed by atoms with Crippen molar-refractivity contribution in [1.29, 1.82) is 0 Å². The molecule has 1 atom stereocenters. The minimum Gasteiger partial charge on any atom is -0.337 e. The van der Waals surface area contributed by atoms with E-state index in [1.165, 1.54) is 4.88 Å². The zero-order valence-corrected chi connectivity index (χ0v) is 11.3. The third-order valence-electron chi connectivity index (χ3n) is 2.67. The lowest BCUT2D eigenvalue weighted by molar-refractivity contribution is 0.611. The fraction of sp³-hybridized carbons (Fsp3) is 0.455. The molecule has 0 aliphatic heterocycles. The number of rotatable bonds is 3. The van der Waals surface area contributed by atoms with E-state index in [0.717, 1.165) is 21.9 Å². The largest absolute Gasteiger partial charge is 0.337 e. The first-order valence-corrected chi connectivity index (χ1v) is 6.57. The van der Waals surface area contributed by atoms with Crippen LogP contribution in [0.3, 0.4) is 0 Å². The van der Waals surface area contributed by atoms with Crippen molar-refractivity contribution in [2.45, 2.75) is 33.2 Å². The topological polar surface area (TPSA) is 33.6 Å². The molecule has 1 unspecified atom stereocenters. The first kappa shape index (κ1) is 11.5. The highest BCUT2D eigenvalue weighted by molar-refractivity contribution is 7.71. The SMILES string of the molecule is CCc1cnc(C(C)n2c(C)c[nH]c2=S)s1. The molecule has 0 aliphatic carbocycles. The smallest absolute Gasteiger partial charge is 0.177 e. The molecular formula is C11H15N3S2. The van der Waals surface area contributed by atoms with Crippen molar-refractivity contribution in [3.63, 3.8) is 0 Å². The molecule has 3 nitrogen and oxygen atoms in total. The average molecular weight is 253 g/mol. The zero-order valence-electron chi connectivity index (χ0n) is 9.65. The number of H-pyrrole nitrogens is 1. The number of hydrogen-bond donors (Lipinski definition) is 1. The van der Waals surface area contributed by atoms with E-state index in [1.54, 1.807) is 11.3 Å². The lowest BCUT2D eigenvalue weighted by Crippen LogP contribution is -2.07. The van der Waals surface area contributed by atoms with E-state index in [1.807, 2.05) is 12.4 Å². The quantitative estimate of drug-likeness (QED) is 0.850. The van der Waals surface area contributed by atoms with Crippen LogP contribution in [-0.2, 0) is 6.42 Å². The summed E-state index contributed by atoms with van der Waals surface area (Å²) in [6, 6.07) is 0.212. The summed E-state index contributed by atoms with van der Waals surface area (Å²) in [5, 5.41) is 1.12. The molecule has 0 bridgehead atoms. The van der Waals surface area contributed by atoms with Gasteiger partial charge in [0.25, 0.3) is 0 Å². The van der Waals surface area contributed by atoms with Gasteiger partial charge in [-0.1, -0.05) is 6.92 Å². The molecule has 0 aromatic carbocycles. The molecule has 5 heteroatoms. The third kappa shape index (κ3) is 1.97. The number of thiazole rings is 1. The molecular weight excluding hydrogens is 238 g/mol. The van der Waals surface area contributed by atoms with Crippen LogP contribution in [0.1, 0.15) is 35.5 Å². The molecule has 0 saturated heterocycles. The Hall–Kier alpha value is -0.940. The van der Waals surface area contributed by atoms with Gasteiger partial charge < -0.3 is 9.55 Å². The average Bonchev–Trinajstić information content (AvgIpc) is 2.85. The summed E-state index contributed by atoms with van der Waals surface area (Å²) < 4.78 is 2.87. The van der Waals surface area contributed by atoms with Crippen LogP contribution >= 0.6 is 23.6 Å². The molecule has 0 saturated carbocycles. The highest BCUT2D eigenvalue weighted by Gasteiger charge is 2.14. The number of aromatic nitrogens is 3. The Balaban J connectivity index is 2.38. The molecule has 2 heterocycles.